The fourth-order valence-corrected chi connectivity index (χ4v) is 4.24. The van der Waals surface area contributed by atoms with Gasteiger partial charge in [-0.1, -0.05) is 17.7 Å². The van der Waals surface area contributed by atoms with Gasteiger partial charge in [-0.2, -0.15) is 15.2 Å². The van der Waals surface area contributed by atoms with Crippen molar-refractivity contribution in [1.82, 2.24) is 29.5 Å². The van der Waals surface area contributed by atoms with Crippen LogP contribution in [0.1, 0.15) is 41.6 Å². The van der Waals surface area contributed by atoms with E-state index in [0.29, 0.717) is 23.5 Å². The maximum atomic E-state index is 11.1. The summed E-state index contributed by atoms with van der Waals surface area (Å²) in [6.45, 7) is 2.71. The Kier molecular flexibility index (Phi) is 5.41. The third-order valence-corrected chi connectivity index (χ3v) is 6.04. The zero-order valence-corrected chi connectivity index (χ0v) is 18.1. The van der Waals surface area contributed by atoms with Gasteiger partial charge >= 0.3 is 5.97 Å². The highest BCUT2D eigenvalue weighted by Crippen LogP contribution is 2.30. The molecule has 170 valence electrons. The summed E-state index contributed by atoms with van der Waals surface area (Å²) in [5.74, 6) is 0.0948. The number of fused-ring (bicyclic) bond motifs is 1. The highest BCUT2D eigenvalue weighted by Gasteiger charge is 2.24. The van der Waals surface area contributed by atoms with Crippen molar-refractivity contribution in [3.63, 3.8) is 0 Å². The van der Waals surface area contributed by atoms with Crippen LogP contribution in [0.3, 0.4) is 0 Å². The van der Waals surface area contributed by atoms with Crippen molar-refractivity contribution in [1.29, 1.82) is 0 Å². The van der Waals surface area contributed by atoms with Crippen molar-refractivity contribution in [3.05, 3.63) is 54.0 Å². The van der Waals surface area contributed by atoms with E-state index >= 15 is 0 Å². The first-order valence-corrected chi connectivity index (χ1v) is 10.9. The van der Waals surface area contributed by atoms with Crippen LogP contribution in [0.15, 0.2) is 42.9 Å². The number of ether oxygens (including phenoxy) is 1. The van der Waals surface area contributed by atoms with E-state index in [1.807, 2.05) is 12.1 Å². The van der Waals surface area contributed by atoms with Gasteiger partial charge < -0.3 is 14.9 Å². The zero-order valence-electron chi connectivity index (χ0n) is 18.1. The topological polar surface area (TPSA) is 128 Å². The lowest BCUT2D eigenvalue weighted by molar-refractivity contribution is 0.0697. The Balaban J connectivity index is 1.26. The molecule has 3 heterocycles. The number of rotatable bonds is 6. The normalized spacial score (nSPS) is 18.5. The molecule has 0 unspecified atom stereocenters. The SMILES string of the molecule is Cc1ccc(O[C@H]2CC[C@H](Cn3ncc4nc(-n5cc(C(=O)O)cn5)nc(O)c43)CC2)cc1. The van der Waals surface area contributed by atoms with Gasteiger partial charge in [0.05, 0.1) is 24.1 Å². The minimum absolute atomic E-state index is 0.0100. The Labute approximate surface area is 189 Å². The van der Waals surface area contributed by atoms with Gasteiger partial charge in [0.1, 0.15) is 16.8 Å². The van der Waals surface area contributed by atoms with E-state index in [-0.39, 0.29) is 23.5 Å². The molecular weight excluding hydrogens is 424 g/mol. The quantitative estimate of drug-likeness (QED) is 0.459. The zero-order chi connectivity index (χ0) is 22.9. The Hall–Kier alpha value is -3.95. The number of aromatic nitrogens is 6. The van der Waals surface area contributed by atoms with E-state index in [9.17, 15) is 9.90 Å². The lowest BCUT2D eigenvalue weighted by atomic mass is 9.87. The van der Waals surface area contributed by atoms with Crippen LogP contribution in [0.4, 0.5) is 0 Å². The van der Waals surface area contributed by atoms with Crippen LogP contribution >= 0.6 is 0 Å². The molecule has 10 nitrogen and oxygen atoms in total. The van der Waals surface area contributed by atoms with E-state index < -0.39 is 5.97 Å². The largest absolute Gasteiger partial charge is 0.492 e. The molecule has 1 aliphatic carbocycles. The first-order chi connectivity index (χ1) is 16.0. The number of carboxylic acid groups (broad SMARTS) is 1. The summed E-state index contributed by atoms with van der Waals surface area (Å²) in [4.78, 5) is 19.6. The molecule has 0 bridgehead atoms. The van der Waals surface area contributed by atoms with E-state index in [1.54, 1.807) is 10.9 Å². The maximum Gasteiger partial charge on any atom is 0.338 e. The number of nitrogens with zero attached hydrogens (tertiary/aromatic N) is 6. The molecule has 1 saturated carbocycles. The van der Waals surface area contributed by atoms with Crippen molar-refractivity contribution >= 4 is 17.0 Å². The first kappa shape index (κ1) is 20.9. The maximum absolute atomic E-state index is 11.1. The summed E-state index contributed by atoms with van der Waals surface area (Å²) in [6, 6.07) is 8.14. The standard InChI is InChI=1S/C23H24N6O4/c1-14-2-6-17(7-3-14)33-18-8-4-15(5-9-18)12-28-20-19(11-25-28)26-23(27-21(20)30)29-13-16(10-24-29)22(31)32/h2-3,6-7,10-11,13,15,18H,4-5,8-9,12H2,1H3,(H,31,32)(H,26,27,30)/t15-,18-. The third-order valence-electron chi connectivity index (χ3n) is 6.04. The Morgan fingerprint density at radius 3 is 2.55 bits per heavy atom. The van der Waals surface area contributed by atoms with E-state index in [0.717, 1.165) is 31.4 Å². The molecule has 0 radical (unpaired) electrons. The van der Waals surface area contributed by atoms with Crippen molar-refractivity contribution in [2.75, 3.05) is 0 Å². The van der Waals surface area contributed by atoms with Crippen LogP contribution in [-0.2, 0) is 6.54 Å². The molecule has 1 aromatic carbocycles. The molecular formula is C23H24N6O4. The fourth-order valence-electron chi connectivity index (χ4n) is 4.24. The molecule has 10 heteroatoms. The number of carboxylic acids is 1. The molecule has 0 amide bonds. The van der Waals surface area contributed by atoms with Crippen LogP contribution in [0.5, 0.6) is 11.6 Å². The molecule has 0 aliphatic heterocycles. The molecule has 1 aliphatic rings. The predicted molar refractivity (Wildman–Crippen MR) is 119 cm³/mol. The average molecular weight is 448 g/mol. The second kappa shape index (κ2) is 8.53. The average Bonchev–Trinajstić information content (AvgIpc) is 3.45. The number of aromatic hydroxyl groups is 1. The number of aryl methyl sites for hydroxylation is 1. The molecule has 33 heavy (non-hydrogen) atoms. The second-order valence-electron chi connectivity index (χ2n) is 8.46. The summed E-state index contributed by atoms with van der Waals surface area (Å²) in [5.41, 5.74) is 2.16. The van der Waals surface area contributed by atoms with Gasteiger partial charge in [0.25, 0.3) is 5.95 Å². The Morgan fingerprint density at radius 2 is 1.85 bits per heavy atom. The van der Waals surface area contributed by atoms with Crippen molar-refractivity contribution < 1.29 is 19.7 Å². The van der Waals surface area contributed by atoms with Crippen molar-refractivity contribution in [2.45, 2.75) is 45.3 Å². The Bertz CT molecular complexity index is 1290. The van der Waals surface area contributed by atoms with E-state index in [1.165, 1.54) is 22.6 Å². The van der Waals surface area contributed by atoms with Gasteiger partial charge in [-0.05, 0) is 50.7 Å². The van der Waals surface area contributed by atoms with E-state index in [4.69, 9.17) is 9.84 Å². The van der Waals surface area contributed by atoms with Crippen LogP contribution in [0, 0.1) is 12.8 Å². The van der Waals surface area contributed by atoms with Crippen molar-refractivity contribution in [3.8, 4) is 17.6 Å². The third kappa shape index (κ3) is 4.36. The van der Waals surface area contributed by atoms with Gasteiger partial charge in [0.2, 0.25) is 5.88 Å². The van der Waals surface area contributed by atoms with E-state index in [2.05, 4.69) is 39.2 Å². The van der Waals surface area contributed by atoms with Crippen molar-refractivity contribution in [2.24, 2.45) is 5.92 Å². The molecule has 5 rings (SSSR count). The van der Waals surface area contributed by atoms with Gasteiger partial charge in [-0.3, -0.25) is 4.68 Å². The first-order valence-electron chi connectivity index (χ1n) is 10.9. The predicted octanol–water partition coefficient (Wildman–Crippen LogP) is 3.36. The lowest BCUT2D eigenvalue weighted by Crippen LogP contribution is -2.26. The van der Waals surface area contributed by atoms with Crippen LogP contribution in [-0.4, -0.2) is 51.8 Å². The summed E-state index contributed by atoms with van der Waals surface area (Å²) in [7, 11) is 0. The van der Waals surface area contributed by atoms with Gasteiger partial charge in [0, 0.05) is 12.7 Å². The lowest BCUT2D eigenvalue weighted by Gasteiger charge is -2.29. The number of aromatic carboxylic acids is 1. The molecule has 2 N–H and O–H groups in total. The molecule has 0 atom stereocenters. The van der Waals surface area contributed by atoms with Crippen LogP contribution in [0.2, 0.25) is 0 Å². The minimum atomic E-state index is -1.10. The Morgan fingerprint density at radius 1 is 1.09 bits per heavy atom. The molecule has 3 aromatic heterocycles. The summed E-state index contributed by atoms with van der Waals surface area (Å²) in [5, 5.41) is 28.0. The van der Waals surface area contributed by atoms with Gasteiger partial charge in [-0.15, -0.1) is 0 Å². The smallest absolute Gasteiger partial charge is 0.338 e. The highest BCUT2D eigenvalue weighted by molar-refractivity contribution is 5.87. The summed E-state index contributed by atoms with van der Waals surface area (Å²) >= 11 is 0. The molecule has 0 spiro atoms. The van der Waals surface area contributed by atoms with Crippen LogP contribution < -0.4 is 4.74 Å². The second-order valence-corrected chi connectivity index (χ2v) is 8.46. The number of benzene rings is 1. The summed E-state index contributed by atoms with van der Waals surface area (Å²) < 4.78 is 9.09. The fraction of sp³-hybridized carbons (Fsp3) is 0.348. The molecule has 4 aromatic rings. The van der Waals surface area contributed by atoms with Crippen LogP contribution in [0.25, 0.3) is 17.0 Å². The van der Waals surface area contributed by atoms with Gasteiger partial charge in [-0.25, -0.2) is 14.5 Å². The minimum Gasteiger partial charge on any atom is -0.492 e. The number of hydrogen-bond donors (Lipinski definition) is 2. The molecule has 1 fully saturated rings. The molecule has 0 saturated heterocycles. The monoisotopic (exact) mass is 448 g/mol. The number of carbonyl (C=O) groups is 1. The highest BCUT2D eigenvalue weighted by atomic mass is 16.5. The number of hydrogen-bond acceptors (Lipinski definition) is 7. The summed E-state index contributed by atoms with van der Waals surface area (Å²) in [6.07, 6.45) is 8.23. The van der Waals surface area contributed by atoms with Gasteiger partial charge in [0.15, 0.2) is 0 Å².